The number of thiophene rings is 1. The van der Waals surface area contributed by atoms with E-state index in [-0.39, 0.29) is 18.0 Å². The molecular formula is C25H24N4O4S. The van der Waals surface area contributed by atoms with E-state index in [4.69, 9.17) is 9.47 Å². The molecule has 0 fully saturated rings. The number of nitrogens with zero attached hydrogens (tertiary/aromatic N) is 2. The standard InChI is InChI=1S/C25H24N4O4S/c1-2-29(14-22(30)26-17-8-9-19-20(12-17)33-11-10-32-19)13-21-27-24(31)23-18(15-34-25(23)28-21)16-6-4-3-5-7-16/h3-9,12,15H,2,10-11,13-14H2,1H3,(H,26,30)(H,27,28,31). The molecule has 1 amide bonds. The molecule has 8 nitrogen and oxygen atoms in total. The second-order valence-corrected chi connectivity index (χ2v) is 8.78. The van der Waals surface area contributed by atoms with Crippen LogP contribution in [0.1, 0.15) is 12.7 Å². The minimum atomic E-state index is -0.170. The number of carbonyl (C=O) groups excluding carboxylic acids is 1. The van der Waals surface area contributed by atoms with E-state index in [1.54, 1.807) is 18.2 Å². The molecule has 2 aromatic carbocycles. The Bertz CT molecular complexity index is 1380. The number of aromatic nitrogens is 2. The number of fused-ring (bicyclic) bond motifs is 2. The molecule has 1 aliphatic heterocycles. The Morgan fingerprint density at radius 2 is 1.94 bits per heavy atom. The van der Waals surface area contributed by atoms with E-state index < -0.39 is 0 Å². The zero-order chi connectivity index (χ0) is 23.5. The summed E-state index contributed by atoms with van der Waals surface area (Å²) in [6.07, 6.45) is 0. The molecule has 2 N–H and O–H groups in total. The molecule has 0 atom stereocenters. The van der Waals surface area contributed by atoms with Gasteiger partial charge >= 0.3 is 0 Å². The highest BCUT2D eigenvalue weighted by Crippen LogP contribution is 2.33. The van der Waals surface area contributed by atoms with E-state index in [0.29, 0.717) is 59.5 Å². The van der Waals surface area contributed by atoms with Gasteiger partial charge in [-0.05, 0) is 24.2 Å². The van der Waals surface area contributed by atoms with E-state index in [1.165, 1.54) is 11.3 Å². The van der Waals surface area contributed by atoms with E-state index in [1.807, 2.05) is 47.5 Å². The molecule has 0 spiro atoms. The van der Waals surface area contributed by atoms with E-state index in [0.717, 1.165) is 11.1 Å². The summed E-state index contributed by atoms with van der Waals surface area (Å²) < 4.78 is 11.1. The largest absolute Gasteiger partial charge is 0.486 e. The number of hydrogen-bond donors (Lipinski definition) is 2. The first-order chi connectivity index (χ1) is 16.6. The highest BCUT2D eigenvalue weighted by atomic mass is 32.1. The number of nitrogens with one attached hydrogen (secondary N) is 2. The third kappa shape index (κ3) is 4.66. The summed E-state index contributed by atoms with van der Waals surface area (Å²) in [5.41, 5.74) is 2.34. The van der Waals surface area contributed by atoms with Crippen molar-refractivity contribution in [3.05, 3.63) is 70.1 Å². The van der Waals surface area contributed by atoms with Crippen LogP contribution in [0.15, 0.2) is 58.7 Å². The Hall–Kier alpha value is -3.69. The van der Waals surface area contributed by atoms with Crippen molar-refractivity contribution in [2.45, 2.75) is 13.5 Å². The number of ether oxygens (including phenoxy) is 2. The van der Waals surface area contributed by atoms with Gasteiger partial charge < -0.3 is 19.8 Å². The number of rotatable bonds is 7. The van der Waals surface area contributed by atoms with Crippen molar-refractivity contribution in [3.8, 4) is 22.6 Å². The van der Waals surface area contributed by atoms with Crippen LogP contribution in [0.3, 0.4) is 0 Å². The molecule has 0 saturated carbocycles. The van der Waals surface area contributed by atoms with Crippen LogP contribution in [-0.4, -0.2) is 47.1 Å². The minimum absolute atomic E-state index is 0.159. The number of H-pyrrole nitrogens is 1. The van der Waals surface area contributed by atoms with Crippen LogP contribution in [0.2, 0.25) is 0 Å². The van der Waals surface area contributed by atoms with E-state index in [2.05, 4.69) is 15.3 Å². The lowest BCUT2D eigenvalue weighted by Crippen LogP contribution is -2.33. The van der Waals surface area contributed by atoms with Gasteiger partial charge in [-0.15, -0.1) is 11.3 Å². The summed E-state index contributed by atoms with van der Waals surface area (Å²) in [6, 6.07) is 15.1. The molecule has 9 heteroatoms. The van der Waals surface area contributed by atoms with E-state index >= 15 is 0 Å². The summed E-state index contributed by atoms with van der Waals surface area (Å²) in [4.78, 5) is 35.7. The highest BCUT2D eigenvalue weighted by Gasteiger charge is 2.17. The van der Waals surface area contributed by atoms with Gasteiger partial charge in [0.2, 0.25) is 5.91 Å². The molecule has 0 unspecified atom stereocenters. The van der Waals surface area contributed by atoms with Crippen LogP contribution in [0.25, 0.3) is 21.3 Å². The van der Waals surface area contributed by atoms with Crippen LogP contribution >= 0.6 is 11.3 Å². The highest BCUT2D eigenvalue weighted by molar-refractivity contribution is 7.17. The van der Waals surface area contributed by atoms with Gasteiger partial charge in [0, 0.05) is 22.7 Å². The average Bonchev–Trinajstić information content (AvgIpc) is 3.28. The molecule has 4 aromatic rings. The van der Waals surface area contributed by atoms with Crippen LogP contribution in [0.4, 0.5) is 5.69 Å². The lowest BCUT2D eigenvalue weighted by molar-refractivity contribution is -0.117. The number of benzene rings is 2. The maximum absolute atomic E-state index is 12.9. The van der Waals surface area contributed by atoms with Crippen molar-refractivity contribution >= 4 is 33.1 Å². The second-order valence-electron chi connectivity index (χ2n) is 7.92. The number of hydrogen-bond acceptors (Lipinski definition) is 7. The zero-order valence-corrected chi connectivity index (χ0v) is 19.5. The van der Waals surface area contributed by atoms with Gasteiger partial charge in [-0.1, -0.05) is 37.3 Å². The van der Waals surface area contributed by atoms with Gasteiger partial charge in [0.15, 0.2) is 11.5 Å². The summed E-state index contributed by atoms with van der Waals surface area (Å²) in [5, 5.41) is 5.46. The van der Waals surface area contributed by atoms with Crippen LogP contribution < -0.4 is 20.3 Å². The first-order valence-electron chi connectivity index (χ1n) is 11.1. The van der Waals surface area contributed by atoms with Gasteiger partial charge in [0.25, 0.3) is 5.56 Å². The average molecular weight is 477 g/mol. The molecule has 0 bridgehead atoms. The van der Waals surface area contributed by atoms with Crippen LogP contribution in [-0.2, 0) is 11.3 Å². The lowest BCUT2D eigenvalue weighted by Gasteiger charge is -2.21. The van der Waals surface area contributed by atoms with Crippen molar-refractivity contribution in [3.63, 3.8) is 0 Å². The Morgan fingerprint density at radius 1 is 1.15 bits per heavy atom. The fraction of sp³-hybridized carbons (Fsp3) is 0.240. The van der Waals surface area contributed by atoms with Gasteiger partial charge in [0.1, 0.15) is 23.9 Å². The molecule has 1 aliphatic rings. The lowest BCUT2D eigenvalue weighted by atomic mass is 10.1. The topological polar surface area (TPSA) is 96.6 Å². The smallest absolute Gasteiger partial charge is 0.260 e. The molecule has 34 heavy (non-hydrogen) atoms. The Balaban J connectivity index is 1.28. The van der Waals surface area contributed by atoms with Gasteiger partial charge in [-0.2, -0.15) is 0 Å². The summed E-state index contributed by atoms with van der Waals surface area (Å²) in [5.74, 6) is 1.67. The number of aromatic amines is 1. The van der Waals surface area contributed by atoms with Crippen LogP contribution in [0.5, 0.6) is 11.5 Å². The quantitative estimate of drug-likeness (QED) is 0.420. The number of likely N-dealkylation sites (N-methyl/N-ethyl adjacent to an activating group) is 1. The van der Waals surface area contributed by atoms with Crippen molar-refractivity contribution in [2.75, 3.05) is 31.6 Å². The molecule has 2 aromatic heterocycles. The molecule has 0 saturated heterocycles. The normalized spacial score (nSPS) is 12.8. The predicted molar refractivity (Wildman–Crippen MR) is 133 cm³/mol. The summed E-state index contributed by atoms with van der Waals surface area (Å²) in [7, 11) is 0. The van der Waals surface area contributed by atoms with Crippen LogP contribution in [0, 0.1) is 0 Å². The predicted octanol–water partition coefficient (Wildman–Crippen LogP) is 3.88. The summed E-state index contributed by atoms with van der Waals surface area (Å²) >= 11 is 1.45. The van der Waals surface area contributed by atoms with Gasteiger partial charge in [0.05, 0.1) is 18.5 Å². The SMILES string of the molecule is CCN(CC(=O)Nc1ccc2c(c1)OCCO2)Cc1nc2scc(-c3ccccc3)c2c(=O)[nH]1. The van der Waals surface area contributed by atoms with Gasteiger partial charge in [-0.25, -0.2) is 4.98 Å². The molecule has 3 heterocycles. The second kappa shape index (κ2) is 9.66. The Labute approximate surface area is 200 Å². The number of anilines is 1. The van der Waals surface area contributed by atoms with E-state index in [9.17, 15) is 9.59 Å². The maximum atomic E-state index is 12.9. The fourth-order valence-corrected chi connectivity index (χ4v) is 4.88. The third-order valence-corrected chi connectivity index (χ3v) is 6.46. The molecule has 5 rings (SSSR count). The molecule has 0 aliphatic carbocycles. The molecule has 174 valence electrons. The number of carbonyl (C=O) groups is 1. The van der Waals surface area contributed by atoms with Gasteiger partial charge in [-0.3, -0.25) is 14.5 Å². The van der Waals surface area contributed by atoms with Crippen molar-refractivity contribution < 1.29 is 14.3 Å². The van der Waals surface area contributed by atoms with Crippen molar-refractivity contribution in [2.24, 2.45) is 0 Å². The number of amides is 1. The first kappa shape index (κ1) is 22.1. The molecule has 0 radical (unpaired) electrons. The maximum Gasteiger partial charge on any atom is 0.260 e. The third-order valence-electron chi connectivity index (χ3n) is 5.59. The Kier molecular flexibility index (Phi) is 6.29. The zero-order valence-electron chi connectivity index (χ0n) is 18.7. The Morgan fingerprint density at radius 3 is 2.74 bits per heavy atom. The summed E-state index contributed by atoms with van der Waals surface area (Å²) in [6.45, 7) is 4.11. The fourth-order valence-electron chi connectivity index (χ4n) is 3.91. The van der Waals surface area contributed by atoms with Crippen molar-refractivity contribution in [1.82, 2.24) is 14.9 Å². The monoisotopic (exact) mass is 476 g/mol. The minimum Gasteiger partial charge on any atom is -0.486 e. The van der Waals surface area contributed by atoms with Crippen molar-refractivity contribution in [1.29, 1.82) is 0 Å². The molecular weight excluding hydrogens is 452 g/mol. The first-order valence-corrected chi connectivity index (χ1v) is 12.0.